The number of methoxy groups -OCH3 is 1. The summed E-state index contributed by atoms with van der Waals surface area (Å²) in [6.45, 7) is 2.64. The summed E-state index contributed by atoms with van der Waals surface area (Å²) in [6, 6.07) is 1.52. The lowest BCUT2D eigenvalue weighted by Gasteiger charge is -2.26. The minimum Gasteiger partial charge on any atom is -0.453 e. The number of hydrogen-bond donors (Lipinski definition) is 0. The molecule has 0 radical (unpaired) electrons. The van der Waals surface area contributed by atoms with Gasteiger partial charge in [0, 0.05) is 50.8 Å². The van der Waals surface area contributed by atoms with E-state index in [1.807, 2.05) is 0 Å². The first-order chi connectivity index (χ1) is 12.9. The van der Waals surface area contributed by atoms with E-state index in [-0.39, 0.29) is 15.7 Å². The van der Waals surface area contributed by atoms with Gasteiger partial charge >= 0.3 is 6.09 Å². The van der Waals surface area contributed by atoms with Crippen molar-refractivity contribution in [2.24, 2.45) is 0 Å². The SMILES string of the molecule is COC(=O)N1CCCN(C(=O)c2sccc2S(=O)(=O)N2CCSCC2)CC1. The molecule has 2 saturated heterocycles. The molecule has 2 amide bonds. The van der Waals surface area contributed by atoms with Gasteiger partial charge in [0.25, 0.3) is 5.91 Å². The standard InChI is InChI=1S/C16H23N3O5S3/c1-24-16(21)18-5-2-4-17(6-7-18)15(20)14-13(3-10-26-14)27(22,23)19-8-11-25-12-9-19/h3,10H,2,4-9,11-12H2,1H3. The highest BCUT2D eigenvalue weighted by atomic mass is 32.2. The van der Waals surface area contributed by atoms with Crippen LogP contribution in [0.25, 0.3) is 0 Å². The number of sulfonamides is 1. The first kappa shape index (κ1) is 20.4. The van der Waals surface area contributed by atoms with Crippen molar-refractivity contribution in [3.05, 3.63) is 16.3 Å². The summed E-state index contributed by atoms with van der Waals surface area (Å²) in [5.41, 5.74) is 0. The van der Waals surface area contributed by atoms with E-state index < -0.39 is 16.1 Å². The van der Waals surface area contributed by atoms with Crippen LogP contribution >= 0.6 is 23.1 Å². The molecule has 2 aliphatic heterocycles. The quantitative estimate of drug-likeness (QED) is 0.716. The zero-order valence-electron chi connectivity index (χ0n) is 15.1. The summed E-state index contributed by atoms with van der Waals surface area (Å²) in [5.74, 6) is 1.24. The summed E-state index contributed by atoms with van der Waals surface area (Å²) in [6.07, 6.45) is 0.212. The van der Waals surface area contributed by atoms with E-state index in [9.17, 15) is 18.0 Å². The van der Waals surface area contributed by atoms with Gasteiger partial charge in [-0.3, -0.25) is 4.79 Å². The number of amides is 2. The van der Waals surface area contributed by atoms with Crippen LogP contribution in [0.15, 0.2) is 16.3 Å². The highest BCUT2D eigenvalue weighted by molar-refractivity contribution is 7.99. The van der Waals surface area contributed by atoms with Crippen molar-refractivity contribution in [2.45, 2.75) is 11.3 Å². The van der Waals surface area contributed by atoms with Crippen molar-refractivity contribution in [3.63, 3.8) is 0 Å². The number of thioether (sulfide) groups is 1. The average molecular weight is 434 g/mol. The predicted molar refractivity (Wildman–Crippen MR) is 105 cm³/mol. The molecule has 0 atom stereocenters. The van der Waals surface area contributed by atoms with Gasteiger partial charge < -0.3 is 14.5 Å². The maximum Gasteiger partial charge on any atom is 0.409 e. The molecule has 3 heterocycles. The molecule has 3 rings (SSSR count). The van der Waals surface area contributed by atoms with Gasteiger partial charge in [-0.1, -0.05) is 0 Å². The number of rotatable bonds is 3. The second-order valence-corrected chi connectivity index (χ2v) is 10.3. The van der Waals surface area contributed by atoms with Crippen molar-refractivity contribution in [2.75, 3.05) is 57.9 Å². The summed E-state index contributed by atoms with van der Waals surface area (Å²) in [5, 5.41) is 1.65. The summed E-state index contributed by atoms with van der Waals surface area (Å²) >= 11 is 2.88. The number of hydrogen-bond acceptors (Lipinski definition) is 7. The number of ether oxygens (including phenoxy) is 1. The molecule has 0 aromatic carbocycles. The fourth-order valence-electron chi connectivity index (χ4n) is 3.16. The minimum atomic E-state index is -3.67. The monoisotopic (exact) mass is 433 g/mol. The van der Waals surface area contributed by atoms with E-state index >= 15 is 0 Å². The Morgan fingerprint density at radius 2 is 1.70 bits per heavy atom. The fraction of sp³-hybridized carbons (Fsp3) is 0.625. The van der Waals surface area contributed by atoms with Crippen LogP contribution in [0.4, 0.5) is 4.79 Å². The molecule has 11 heteroatoms. The third kappa shape index (κ3) is 4.41. The van der Waals surface area contributed by atoms with Gasteiger partial charge in [0.05, 0.1) is 7.11 Å². The molecule has 1 aromatic heterocycles. The lowest BCUT2D eigenvalue weighted by molar-refractivity contribution is 0.0758. The van der Waals surface area contributed by atoms with E-state index in [1.54, 1.807) is 26.9 Å². The number of carbonyl (C=O) groups is 2. The van der Waals surface area contributed by atoms with Crippen molar-refractivity contribution >= 4 is 45.1 Å². The Labute approximate surface area is 167 Å². The van der Waals surface area contributed by atoms with Crippen LogP contribution in [0.2, 0.25) is 0 Å². The number of carbonyl (C=O) groups excluding carboxylic acids is 2. The van der Waals surface area contributed by atoms with E-state index in [2.05, 4.69) is 0 Å². The Morgan fingerprint density at radius 3 is 2.41 bits per heavy atom. The Bertz CT molecular complexity index is 789. The largest absolute Gasteiger partial charge is 0.453 e. The lowest BCUT2D eigenvalue weighted by atomic mass is 10.3. The average Bonchev–Trinajstić information content (AvgIpc) is 3.06. The van der Waals surface area contributed by atoms with Gasteiger partial charge in [0.1, 0.15) is 9.77 Å². The molecule has 2 aliphatic rings. The molecule has 2 fully saturated rings. The maximum absolute atomic E-state index is 13.0. The molecule has 0 saturated carbocycles. The first-order valence-electron chi connectivity index (χ1n) is 8.72. The van der Waals surface area contributed by atoms with Gasteiger partial charge in [-0.15, -0.1) is 11.3 Å². The number of thiophene rings is 1. The Balaban J connectivity index is 1.77. The Kier molecular flexibility index (Phi) is 6.66. The highest BCUT2D eigenvalue weighted by Gasteiger charge is 2.33. The zero-order chi connectivity index (χ0) is 19.4. The smallest absolute Gasteiger partial charge is 0.409 e. The van der Waals surface area contributed by atoms with Crippen LogP contribution in [0, 0.1) is 0 Å². The van der Waals surface area contributed by atoms with Crippen LogP contribution in [-0.2, 0) is 14.8 Å². The van der Waals surface area contributed by atoms with Gasteiger partial charge in [0.15, 0.2) is 0 Å². The van der Waals surface area contributed by atoms with Crippen LogP contribution in [0.1, 0.15) is 16.1 Å². The molecule has 0 spiro atoms. The van der Waals surface area contributed by atoms with E-state index in [1.165, 1.54) is 17.5 Å². The normalized spacial score (nSPS) is 19.6. The zero-order valence-corrected chi connectivity index (χ0v) is 17.6. The lowest BCUT2D eigenvalue weighted by Crippen LogP contribution is -2.40. The third-order valence-electron chi connectivity index (χ3n) is 4.63. The van der Waals surface area contributed by atoms with Gasteiger partial charge in [-0.2, -0.15) is 16.1 Å². The topological polar surface area (TPSA) is 87.2 Å². The van der Waals surface area contributed by atoms with E-state index in [0.717, 1.165) is 22.8 Å². The van der Waals surface area contributed by atoms with Gasteiger partial charge in [-0.25, -0.2) is 13.2 Å². The molecule has 1 aromatic rings. The molecular weight excluding hydrogens is 410 g/mol. The summed E-state index contributed by atoms with van der Waals surface area (Å²) < 4.78 is 32.2. The first-order valence-corrected chi connectivity index (χ1v) is 12.2. The minimum absolute atomic E-state index is 0.0958. The fourth-order valence-corrected chi connectivity index (χ4v) is 7.10. The Hall–Kier alpha value is -1.30. The van der Waals surface area contributed by atoms with E-state index in [4.69, 9.17) is 4.74 Å². The van der Waals surface area contributed by atoms with Gasteiger partial charge in [0.2, 0.25) is 10.0 Å². The highest BCUT2D eigenvalue weighted by Crippen LogP contribution is 2.28. The molecule has 150 valence electrons. The number of nitrogens with zero attached hydrogens (tertiary/aromatic N) is 3. The van der Waals surface area contributed by atoms with Crippen LogP contribution in [0.5, 0.6) is 0 Å². The summed E-state index contributed by atoms with van der Waals surface area (Å²) in [7, 11) is -2.34. The molecule has 0 N–H and O–H groups in total. The van der Waals surface area contributed by atoms with Crippen molar-refractivity contribution in [3.8, 4) is 0 Å². The predicted octanol–water partition coefficient (Wildman–Crippen LogP) is 1.40. The molecule has 0 unspecified atom stereocenters. The van der Waals surface area contributed by atoms with Crippen LogP contribution in [-0.4, -0.2) is 92.4 Å². The maximum atomic E-state index is 13.0. The molecule has 8 nitrogen and oxygen atoms in total. The Morgan fingerprint density at radius 1 is 1.04 bits per heavy atom. The molecule has 0 bridgehead atoms. The third-order valence-corrected chi connectivity index (χ3v) is 8.54. The second kappa shape index (κ2) is 8.80. The molecule has 0 aliphatic carbocycles. The molecule has 27 heavy (non-hydrogen) atoms. The second-order valence-electron chi connectivity index (χ2n) is 6.23. The van der Waals surface area contributed by atoms with Crippen molar-refractivity contribution in [1.29, 1.82) is 0 Å². The van der Waals surface area contributed by atoms with E-state index in [0.29, 0.717) is 45.7 Å². The van der Waals surface area contributed by atoms with Crippen LogP contribution in [0.3, 0.4) is 0 Å². The van der Waals surface area contributed by atoms with Gasteiger partial charge in [-0.05, 0) is 17.9 Å². The van der Waals surface area contributed by atoms with Crippen LogP contribution < -0.4 is 0 Å². The summed E-state index contributed by atoms with van der Waals surface area (Å²) in [4.78, 5) is 28.3. The molecular formula is C16H23N3O5S3. The van der Waals surface area contributed by atoms with Crippen molar-refractivity contribution in [1.82, 2.24) is 14.1 Å². The van der Waals surface area contributed by atoms with Crippen molar-refractivity contribution < 1.29 is 22.7 Å².